The SMILES string of the molecule is OB(O)c1ccc(COc2c(Cl)cc(Cl)cc2Cl)c(F)c1. The third-order valence-electron chi connectivity index (χ3n) is 2.71. The monoisotopic (exact) mass is 348 g/mol. The summed E-state index contributed by atoms with van der Waals surface area (Å²) >= 11 is 17.7. The van der Waals surface area contributed by atoms with Gasteiger partial charge in [0.05, 0.1) is 10.0 Å². The summed E-state index contributed by atoms with van der Waals surface area (Å²) in [5.74, 6) is -0.421. The first-order chi connectivity index (χ1) is 9.88. The lowest BCUT2D eigenvalue weighted by atomic mass is 9.80. The van der Waals surface area contributed by atoms with Gasteiger partial charge >= 0.3 is 7.12 Å². The highest BCUT2D eigenvalue weighted by molar-refractivity contribution is 6.58. The van der Waals surface area contributed by atoms with Crippen molar-refractivity contribution in [3.05, 3.63) is 56.8 Å². The molecule has 2 rings (SSSR count). The molecule has 21 heavy (non-hydrogen) atoms. The average Bonchev–Trinajstić information content (AvgIpc) is 2.38. The normalized spacial score (nSPS) is 10.6. The summed E-state index contributed by atoms with van der Waals surface area (Å²) in [6.07, 6.45) is 0. The fourth-order valence-electron chi connectivity index (χ4n) is 1.66. The van der Waals surface area contributed by atoms with Crippen molar-refractivity contribution >= 4 is 47.4 Å². The van der Waals surface area contributed by atoms with Crippen LogP contribution in [0.1, 0.15) is 5.56 Å². The molecule has 0 radical (unpaired) electrons. The molecule has 0 aliphatic carbocycles. The van der Waals surface area contributed by atoms with Crippen molar-refractivity contribution in [3.63, 3.8) is 0 Å². The summed E-state index contributed by atoms with van der Waals surface area (Å²) in [4.78, 5) is 0. The lowest BCUT2D eigenvalue weighted by Gasteiger charge is -2.11. The average molecular weight is 349 g/mol. The number of rotatable bonds is 4. The molecule has 0 unspecified atom stereocenters. The molecule has 0 aliphatic rings. The summed E-state index contributed by atoms with van der Waals surface area (Å²) in [5, 5.41) is 18.7. The van der Waals surface area contributed by atoms with Crippen LogP contribution in [-0.2, 0) is 6.61 Å². The summed E-state index contributed by atoms with van der Waals surface area (Å²) < 4.78 is 19.2. The van der Waals surface area contributed by atoms with E-state index >= 15 is 0 Å². The first kappa shape index (κ1) is 16.4. The largest absolute Gasteiger partial charge is 0.488 e. The minimum absolute atomic E-state index is 0.0545. The molecule has 0 spiro atoms. The highest BCUT2D eigenvalue weighted by Crippen LogP contribution is 2.36. The van der Waals surface area contributed by atoms with Crippen molar-refractivity contribution in [2.24, 2.45) is 0 Å². The van der Waals surface area contributed by atoms with Crippen LogP contribution < -0.4 is 10.2 Å². The molecule has 0 fully saturated rings. The van der Waals surface area contributed by atoms with Gasteiger partial charge in [0.25, 0.3) is 0 Å². The minimum Gasteiger partial charge on any atom is -0.486 e. The first-order valence-corrected chi connectivity index (χ1v) is 6.93. The van der Waals surface area contributed by atoms with Gasteiger partial charge in [0.2, 0.25) is 0 Å². The maximum Gasteiger partial charge on any atom is 0.488 e. The highest BCUT2D eigenvalue weighted by atomic mass is 35.5. The fraction of sp³-hybridized carbons (Fsp3) is 0.0769. The topological polar surface area (TPSA) is 49.7 Å². The van der Waals surface area contributed by atoms with Crippen LogP contribution >= 0.6 is 34.8 Å². The van der Waals surface area contributed by atoms with Crippen molar-refractivity contribution < 1.29 is 19.2 Å². The first-order valence-electron chi connectivity index (χ1n) is 5.80. The Bertz CT molecular complexity index is 644. The van der Waals surface area contributed by atoms with Crippen molar-refractivity contribution in [3.8, 4) is 5.75 Å². The van der Waals surface area contributed by atoms with E-state index in [1.807, 2.05) is 0 Å². The van der Waals surface area contributed by atoms with E-state index < -0.39 is 12.9 Å². The maximum atomic E-state index is 13.8. The second-order valence-electron chi connectivity index (χ2n) is 4.21. The summed E-state index contributed by atoms with van der Waals surface area (Å²) in [5.41, 5.74) is 0.278. The molecule has 0 amide bonds. The number of ether oxygens (including phenoxy) is 1. The Hall–Kier alpha value is -0.975. The third-order valence-corrected chi connectivity index (χ3v) is 3.49. The van der Waals surface area contributed by atoms with Crippen LogP contribution in [0.15, 0.2) is 30.3 Å². The molecular weight excluding hydrogens is 340 g/mol. The maximum absolute atomic E-state index is 13.8. The van der Waals surface area contributed by atoms with Gasteiger partial charge in [-0.25, -0.2) is 4.39 Å². The molecule has 2 aromatic carbocycles. The van der Waals surface area contributed by atoms with Crippen LogP contribution in [0.3, 0.4) is 0 Å². The highest BCUT2D eigenvalue weighted by Gasteiger charge is 2.15. The van der Waals surface area contributed by atoms with E-state index in [4.69, 9.17) is 49.6 Å². The predicted molar refractivity (Wildman–Crippen MR) is 82.0 cm³/mol. The molecule has 0 bridgehead atoms. The van der Waals surface area contributed by atoms with E-state index in [1.165, 1.54) is 24.3 Å². The molecule has 8 heteroatoms. The molecule has 2 N–H and O–H groups in total. The van der Waals surface area contributed by atoms with Crippen LogP contribution in [0, 0.1) is 5.82 Å². The second-order valence-corrected chi connectivity index (χ2v) is 5.46. The lowest BCUT2D eigenvalue weighted by Crippen LogP contribution is -2.30. The van der Waals surface area contributed by atoms with E-state index in [0.29, 0.717) is 5.02 Å². The molecule has 0 aromatic heterocycles. The molecule has 0 atom stereocenters. The van der Waals surface area contributed by atoms with Gasteiger partial charge < -0.3 is 14.8 Å². The number of hydrogen-bond donors (Lipinski definition) is 2. The van der Waals surface area contributed by atoms with Crippen molar-refractivity contribution in [2.45, 2.75) is 6.61 Å². The standard InChI is InChI=1S/C13H9BCl3FO3/c15-9-4-10(16)13(11(17)5-9)21-6-7-1-2-8(14(19)20)3-12(7)18/h1-5,19-20H,6H2. The molecular formula is C13H9BCl3FO3. The Morgan fingerprint density at radius 2 is 1.67 bits per heavy atom. The fourth-order valence-corrected chi connectivity index (χ4v) is 2.58. The quantitative estimate of drug-likeness (QED) is 0.834. The van der Waals surface area contributed by atoms with Crippen LogP contribution in [0.4, 0.5) is 4.39 Å². The van der Waals surface area contributed by atoms with E-state index in [1.54, 1.807) is 0 Å². The molecule has 2 aromatic rings. The van der Waals surface area contributed by atoms with Crippen LogP contribution in [0.5, 0.6) is 5.75 Å². The molecule has 3 nitrogen and oxygen atoms in total. The smallest absolute Gasteiger partial charge is 0.486 e. The van der Waals surface area contributed by atoms with E-state index in [0.717, 1.165) is 6.07 Å². The predicted octanol–water partition coefficient (Wildman–Crippen LogP) is 3.04. The zero-order valence-corrected chi connectivity index (χ0v) is 12.8. The molecule has 0 saturated heterocycles. The molecule has 0 saturated carbocycles. The van der Waals surface area contributed by atoms with Crippen molar-refractivity contribution in [1.29, 1.82) is 0 Å². The van der Waals surface area contributed by atoms with Crippen LogP contribution in [0.25, 0.3) is 0 Å². The van der Waals surface area contributed by atoms with Crippen LogP contribution in [0.2, 0.25) is 15.1 Å². The molecule has 0 aliphatic heterocycles. The van der Waals surface area contributed by atoms with Gasteiger partial charge in [0.1, 0.15) is 12.4 Å². The van der Waals surface area contributed by atoms with Gasteiger partial charge in [-0.1, -0.05) is 46.9 Å². The Morgan fingerprint density at radius 1 is 1.05 bits per heavy atom. The van der Waals surface area contributed by atoms with Gasteiger partial charge in [0, 0.05) is 10.6 Å². The molecule has 110 valence electrons. The lowest BCUT2D eigenvalue weighted by molar-refractivity contribution is 0.300. The van der Waals surface area contributed by atoms with Gasteiger partial charge in [-0.05, 0) is 23.7 Å². The Labute approximate surface area is 136 Å². The number of halogens is 4. The zero-order valence-electron chi connectivity index (χ0n) is 10.5. The second kappa shape index (κ2) is 6.86. The zero-order chi connectivity index (χ0) is 15.6. The van der Waals surface area contributed by atoms with E-state index in [9.17, 15) is 4.39 Å². The summed E-state index contributed by atoms with van der Waals surface area (Å²) in [6, 6.07) is 6.73. The Balaban J connectivity index is 2.17. The van der Waals surface area contributed by atoms with Gasteiger partial charge in [-0.2, -0.15) is 0 Å². The Morgan fingerprint density at radius 3 is 2.19 bits per heavy atom. The summed E-state index contributed by atoms with van der Waals surface area (Å²) in [7, 11) is -1.73. The minimum atomic E-state index is -1.73. The van der Waals surface area contributed by atoms with Crippen molar-refractivity contribution in [1.82, 2.24) is 0 Å². The third kappa shape index (κ3) is 4.02. The molecule has 0 heterocycles. The van der Waals surface area contributed by atoms with Crippen LogP contribution in [-0.4, -0.2) is 17.2 Å². The Kier molecular flexibility index (Phi) is 5.35. The van der Waals surface area contributed by atoms with E-state index in [-0.39, 0.29) is 33.4 Å². The summed E-state index contributed by atoms with van der Waals surface area (Å²) in [6.45, 7) is -0.116. The van der Waals surface area contributed by atoms with Gasteiger partial charge in [-0.15, -0.1) is 0 Å². The van der Waals surface area contributed by atoms with Crippen molar-refractivity contribution in [2.75, 3.05) is 0 Å². The van der Waals surface area contributed by atoms with Gasteiger partial charge in [0.15, 0.2) is 5.75 Å². The number of benzene rings is 2. The number of hydrogen-bond acceptors (Lipinski definition) is 3. The van der Waals surface area contributed by atoms with E-state index in [2.05, 4.69) is 0 Å². The van der Waals surface area contributed by atoms with Gasteiger partial charge in [-0.3, -0.25) is 0 Å².